The summed E-state index contributed by atoms with van der Waals surface area (Å²) in [5.41, 5.74) is 2.47. The minimum Gasteiger partial charge on any atom is -0.314 e. The molecule has 1 aliphatic carbocycles. The Balaban J connectivity index is 1.83. The van der Waals surface area contributed by atoms with Gasteiger partial charge in [-0.15, -0.1) is 11.3 Å². The van der Waals surface area contributed by atoms with Crippen molar-refractivity contribution >= 4 is 11.3 Å². The lowest BCUT2D eigenvalue weighted by atomic mass is 10.1. The van der Waals surface area contributed by atoms with Crippen molar-refractivity contribution in [3.8, 4) is 11.3 Å². The lowest BCUT2D eigenvalue weighted by Gasteiger charge is -2.07. The van der Waals surface area contributed by atoms with Crippen LogP contribution in [0.25, 0.3) is 11.3 Å². The first kappa shape index (κ1) is 13.8. The number of nitrogens with one attached hydrogen (secondary N) is 1. The van der Waals surface area contributed by atoms with Crippen molar-refractivity contribution in [2.75, 3.05) is 6.54 Å². The van der Waals surface area contributed by atoms with E-state index in [0.29, 0.717) is 6.04 Å². The van der Waals surface area contributed by atoms with Gasteiger partial charge in [0, 0.05) is 28.9 Å². The molecule has 1 aliphatic rings. The van der Waals surface area contributed by atoms with E-state index < -0.39 is 0 Å². The first-order valence-corrected chi connectivity index (χ1v) is 8.34. The summed E-state index contributed by atoms with van der Waals surface area (Å²) < 4.78 is 0. The van der Waals surface area contributed by atoms with Gasteiger partial charge in [-0.1, -0.05) is 44.2 Å². The fourth-order valence-electron chi connectivity index (χ4n) is 2.34. The second-order valence-electron chi connectivity index (χ2n) is 5.82. The second-order valence-corrected chi connectivity index (χ2v) is 6.94. The summed E-state index contributed by atoms with van der Waals surface area (Å²) in [6.45, 7) is 5.42. The maximum atomic E-state index is 4.93. The van der Waals surface area contributed by atoms with Crippen LogP contribution in [-0.2, 0) is 6.42 Å². The van der Waals surface area contributed by atoms with Crippen molar-refractivity contribution in [1.82, 2.24) is 10.3 Å². The Kier molecular flexibility index (Phi) is 4.18. The molecule has 106 valence electrons. The van der Waals surface area contributed by atoms with Crippen molar-refractivity contribution in [1.29, 1.82) is 0 Å². The maximum Gasteiger partial charge on any atom is 0.0966 e. The first-order chi connectivity index (χ1) is 9.74. The van der Waals surface area contributed by atoms with Gasteiger partial charge in [0.1, 0.15) is 0 Å². The summed E-state index contributed by atoms with van der Waals surface area (Å²) in [5.74, 6) is 0.745. The number of aromatic nitrogens is 1. The van der Waals surface area contributed by atoms with Gasteiger partial charge in [0.25, 0.3) is 0 Å². The van der Waals surface area contributed by atoms with Gasteiger partial charge < -0.3 is 5.32 Å². The van der Waals surface area contributed by atoms with Crippen LogP contribution in [0.2, 0.25) is 0 Å². The van der Waals surface area contributed by atoms with Crippen LogP contribution in [-0.4, -0.2) is 17.6 Å². The third-order valence-electron chi connectivity index (χ3n) is 3.59. The largest absolute Gasteiger partial charge is 0.314 e. The van der Waals surface area contributed by atoms with Crippen molar-refractivity contribution < 1.29 is 0 Å². The second kappa shape index (κ2) is 6.06. The van der Waals surface area contributed by atoms with E-state index in [4.69, 9.17) is 4.98 Å². The van der Waals surface area contributed by atoms with E-state index in [-0.39, 0.29) is 0 Å². The van der Waals surface area contributed by atoms with Gasteiger partial charge in [0.05, 0.1) is 10.7 Å². The molecule has 0 spiro atoms. The Morgan fingerprint density at radius 2 is 2.00 bits per heavy atom. The van der Waals surface area contributed by atoms with Crippen molar-refractivity contribution in [3.63, 3.8) is 0 Å². The zero-order valence-corrected chi connectivity index (χ0v) is 13.0. The van der Waals surface area contributed by atoms with Gasteiger partial charge in [0.2, 0.25) is 0 Å². The van der Waals surface area contributed by atoms with E-state index in [2.05, 4.69) is 49.5 Å². The fourth-order valence-corrected chi connectivity index (χ4v) is 3.60. The molecule has 0 saturated heterocycles. The molecule has 0 amide bonds. The van der Waals surface area contributed by atoms with Gasteiger partial charge in [-0.25, -0.2) is 4.98 Å². The van der Waals surface area contributed by atoms with E-state index in [9.17, 15) is 0 Å². The fraction of sp³-hybridized carbons (Fsp3) is 0.471. The minimum absolute atomic E-state index is 0.547. The van der Waals surface area contributed by atoms with Crippen LogP contribution in [0, 0.1) is 0 Å². The molecule has 0 bridgehead atoms. The first-order valence-electron chi connectivity index (χ1n) is 7.52. The van der Waals surface area contributed by atoms with E-state index in [1.165, 1.54) is 34.0 Å². The monoisotopic (exact) mass is 286 g/mol. The van der Waals surface area contributed by atoms with E-state index in [1.807, 2.05) is 11.3 Å². The van der Waals surface area contributed by atoms with Crippen LogP contribution in [0.1, 0.15) is 42.5 Å². The molecule has 1 N–H and O–H groups in total. The van der Waals surface area contributed by atoms with Crippen LogP contribution in [0.15, 0.2) is 30.3 Å². The number of benzene rings is 1. The van der Waals surface area contributed by atoms with Gasteiger partial charge in [-0.05, 0) is 19.3 Å². The van der Waals surface area contributed by atoms with Crippen LogP contribution >= 0.6 is 11.3 Å². The SMILES string of the molecule is CC(C)NCCc1sc(C2CC2)nc1-c1ccccc1. The molecule has 1 saturated carbocycles. The molecule has 2 nitrogen and oxygen atoms in total. The zero-order chi connectivity index (χ0) is 13.9. The molecule has 1 heterocycles. The van der Waals surface area contributed by atoms with Crippen LogP contribution < -0.4 is 5.32 Å². The molecule has 3 heteroatoms. The normalized spacial score (nSPS) is 14.9. The number of hydrogen-bond acceptors (Lipinski definition) is 3. The van der Waals surface area contributed by atoms with E-state index in [0.717, 1.165) is 18.9 Å². The predicted molar refractivity (Wildman–Crippen MR) is 86.4 cm³/mol. The minimum atomic E-state index is 0.547. The highest BCUT2D eigenvalue weighted by atomic mass is 32.1. The Bertz CT molecular complexity index is 556. The molecular weight excluding hydrogens is 264 g/mol. The molecular formula is C17H22N2S. The van der Waals surface area contributed by atoms with Crippen LogP contribution in [0.3, 0.4) is 0 Å². The lowest BCUT2D eigenvalue weighted by molar-refractivity contribution is 0.592. The molecule has 1 aromatic heterocycles. The summed E-state index contributed by atoms with van der Waals surface area (Å²) in [5, 5.41) is 4.86. The van der Waals surface area contributed by atoms with Crippen molar-refractivity contribution in [2.45, 2.75) is 45.1 Å². The summed E-state index contributed by atoms with van der Waals surface area (Å²) in [7, 11) is 0. The predicted octanol–water partition coefficient (Wildman–Crippen LogP) is 4.23. The Morgan fingerprint density at radius 1 is 1.25 bits per heavy atom. The average Bonchev–Trinajstić information content (AvgIpc) is 3.21. The molecule has 0 radical (unpaired) electrons. The smallest absolute Gasteiger partial charge is 0.0966 e. The van der Waals surface area contributed by atoms with Crippen molar-refractivity contribution in [3.05, 3.63) is 40.2 Å². The van der Waals surface area contributed by atoms with E-state index >= 15 is 0 Å². The molecule has 3 rings (SSSR count). The molecule has 0 atom stereocenters. The number of rotatable bonds is 6. The summed E-state index contributed by atoms with van der Waals surface area (Å²) in [6, 6.07) is 11.2. The summed E-state index contributed by atoms with van der Waals surface area (Å²) in [4.78, 5) is 6.37. The van der Waals surface area contributed by atoms with Crippen LogP contribution in [0.4, 0.5) is 0 Å². The highest BCUT2D eigenvalue weighted by Gasteiger charge is 2.28. The van der Waals surface area contributed by atoms with Crippen LogP contribution in [0.5, 0.6) is 0 Å². The molecule has 0 unspecified atom stereocenters. The van der Waals surface area contributed by atoms with Gasteiger partial charge in [0.15, 0.2) is 0 Å². The molecule has 1 aromatic carbocycles. The topological polar surface area (TPSA) is 24.9 Å². The average molecular weight is 286 g/mol. The van der Waals surface area contributed by atoms with Crippen molar-refractivity contribution in [2.24, 2.45) is 0 Å². The highest BCUT2D eigenvalue weighted by Crippen LogP contribution is 2.44. The third-order valence-corrected chi connectivity index (χ3v) is 4.87. The molecule has 1 fully saturated rings. The molecule has 20 heavy (non-hydrogen) atoms. The quantitative estimate of drug-likeness (QED) is 0.859. The third kappa shape index (κ3) is 3.28. The zero-order valence-electron chi connectivity index (χ0n) is 12.2. The Hall–Kier alpha value is -1.19. The number of nitrogens with zero attached hydrogens (tertiary/aromatic N) is 1. The number of hydrogen-bond donors (Lipinski definition) is 1. The summed E-state index contributed by atoms with van der Waals surface area (Å²) in [6.07, 6.45) is 3.73. The molecule has 0 aliphatic heterocycles. The lowest BCUT2D eigenvalue weighted by Crippen LogP contribution is -2.24. The van der Waals surface area contributed by atoms with E-state index in [1.54, 1.807) is 0 Å². The number of thiazole rings is 1. The summed E-state index contributed by atoms with van der Waals surface area (Å²) >= 11 is 1.93. The maximum absolute atomic E-state index is 4.93. The Morgan fingerprint density at radius 3 is 2.65 bits per heavy atom. The highest BCUT2D eigenvalue weighted by molar-refractivity contribution is 7.12. The van der Waals surface area contributed by atoms with Gasteiger partial charge >= 0.3 is 0 Å². The molecule has 2 aromatic rings. The van der Waals surface area contributed by atoms with Gasteiger partial charge in [-0.3, -0.25) is 0 Å². The van der Waals surface area contributed by atoms with Gasteiger partial charge in [-0.2, -0.15) is 0 Å². The Labute approximate surface area is 125 Å². The standard InChI is InChI=1S/C17H22N2S/c1-12(2)18-11-10-15-16(13-6-4-3-5-7-13)19-17(20-15)14-8-9-14/h3-7,12,14,18H,8-11H2,1-2H3.